The van der Waals surface area contributed by atoms with Crippen molar-refractivity contribution in [2.75, 3.05) is 13.7 Å². The average Bonchev–Trinajstić information content (AvgIpc) is 2.08. The molecular formula is C8H10O4. The molecule has 0 radical (unpaired) electrons. The second kappa shape index (κ2) is 3.30. The Bertz CT molecular complexity index is 262. The zero-order chi connectivity index (χ0) is 9.14. The van der Waals surface area contributed by atoms with Crippen LogP contribution in [0.5, 0.6) is 0 Å². The molecule has 1 rings (SSSR count). The van der Waals surface area contributed by atoms with Gasteiger partial charge in [-0.3, -0.25) is 0 Å². The second-order valence-corrected chi connectivity index (χ2v) is 2.37. The van der Waals surface area contributed by atoms with Crippen molar-refractivity contribution in [1.82, 2.24) is 0 Å². The fraction of sp³-hybridized carbons (Fsp3) is 0.375. The normalized spacial score (nSPS) is 16.7. The van der Waals surface area contributed by atoms with Crippen LogP contribution in [0.15, 0.2) is 23.2 Å². The van der Waals surface area contributed by atoms with Gasteiger partial charge in [-0.25, -0.2) is 4.79 Å². The molecule has 0 saturated carbocycles. The summed E-state index contributed by atoms with van der Waals surface area (Å²) in [7, 11) is 1.24. The smallest absolute Gasteiger partial charge is 0.377 e. The molecule has 66 valence electrons. The zero-order valence-corrected chi connectivity index (χ0v) is 6.96. The largest absolute Gasteiger partial charge is 0.504 e. The molecule has 1 N–H and O–H groups in total. The van der Waals surface area contributed by atoms with Crippen molar-refractivity contribution in [2.24, 2.45) is 0 Å². The molecule has 0 bridgehead atoms. The Hall–Kier alpha value is -1.45. The van der Waals surface area contributed by atoms with E-state index in [1.807, 2.05) is 0 Å². The van der Waals surface area contributed by atoms with Crippen LogP contribution in [0.3, 0.4) is 0 Å². The topological polar surface area (TPSA) is 55.8 Å². The van der Waals surface area contributed by atoms with Crippen LogP contribution in [0.1, 0.15) is 6.92 Å². The third-order valence-electron chi connectivity index (χ3n) is 1.58. The molecular weight excluding hydrogens is 160 g/mol. The van der Waals surface area contributed by atoms with Crippen LogP contribution < -0.4 is 0 Å². The number of esters is 1. The van der Waals surface area contributed by atoms with Crippen LogP contribution in [0.25, 0.3) is 0 Å². The highest BCUT2D eigenvalue weighted by molar-refractivity contribution is 5.87. The fourth-order valence-electron chi connectivity index (χ4n) is 0.842. The van der Waals surface area contributed by atoms with Gasteiger partial charge in [-0.15, -0.1) is 0 Å². The molecule has 1 aliphatic heterocycles. The third-order valence-corrected chi connectivity index (χ3v) is 1.58. The maximum absolute atomic E-state index is 10.9. The van der Waals surface area contributed by atoms with Crippen LogP contribution in [-0.2, 0) is 14.3 Å². The van der Waals surface area contributed by atoms with Gasteiger partial charge in [0.25, 0.3) is 0 Å². The Morgan fingerprint density at radius 3 is 3.00 bits per heavy atom. The molecule has 0 aromatic rings. The number of ether oxygens (including phenoxy) is 2. The first kappa shape index (κ1) is 8.64. The van der Waals surface area contributed by atoms with Crippen molar-refractivity contribution >= 4 is 5.97 Å². The van der Waals surface area contributed by atoms with Crippen molar-refractivity contribution in [1.29, 1.82) is 0 Å². The molecule has 0 aromatic heterocycles. The van der Waals surface area contributed by atoms with Crippen molar-refractivity contribution in [3.05, 3.63) is 23.2 Å². The molecule has 12 heavy (non-hydrogen) atoms. The van der Waals surface area contributed by atoms with E-state index >= 15 is 0 Å². The number of carbonyl (C=O) groups is 1. The summed E-state index contributed by atoms with van der Waals surface area (Å²) in [6.07, 6.45) is 1.68. The predicted octanol–water partition coefficient (Wildman–Crippen LogP) is 0.905. The van der Waals surface area contributed by atoms with E-state index in [9.17, 15) is 9.90 Å². The zero-order valence-electron chi connectivity index (χ0n) is 6.96. The number of aliphatic hydroxyl groups excluding tert-OH is 1. The number of allylic oxidation sites excluding steroid dienone is 1. The van der Waals surface area contributed by atoms with Crippen LogP contribution in [0, 0.1) is 0 Å². The Labute approximate surface area is 70.1 Å². The van der Waals surface area contributed by atoms with Gasteiger partial charge >= 0.3 is 5.97 Å². The van der Waals surface area contributed by atoms with Gasteiger partial charge in [0.2, 0.25) is 5.76 Å². The van der Waals surface area contributed by atoms with Crippen LogP contribution in [0.4, 0.5) is 0 Å². The Morgan fingerprint density at radius 2 is 2.42 bits per heavy atom. The third kappa shape index (κ3) is 1.42. The molecule has 0 unspecified atom stereocenters. The summed E-state index contributed by atoms with van der Waals surface area (Å²) in [6, 6.07) is 0. The van der Waals surface area contributed by atoms with Gasteiger partial charge in [0.05, 0.1) is 7.11 Å². The van der Waals surface area contributed by atoms with Gasteiger partial charge in [-0.1, -0.05) is 0 Å². The molecule has 0 saturated heterocycles. The maximum atomic E-state index is 10.9. The molecule has 0 aliphatic carbocycles. The standard InChI is InChI=1S/C8H10O4/c1-5-3-4-12-7(6(5)9)8(10)11-2/h3,9H,4H2,1-2H3. The van der Waals surface area contributed by atoms with E-state index in [0.717, 1.165) is 0 Å². The van der Waals surface area contributed by atoms with Crippen LogP contribution in [-0.4, -0.2) is 24.8 Å². The maximum Gasteiger partial charge on any atom is 0.377 e. The number of hydrogen-bond acceptors (Lipinski definition) is 4. The van der Waals surface area contributed by atoms with E-state index in [0.29, 0.717) is 12.2 Å². The summed E-state index contributed by atoms with van der Waals surface area (Å²) in [5.41, 5.74) is 0.627. The number of hydrogen-bond donors (Lipinski definition) is 1. The molecule has 1 aliphatic rings. The van der Waals surface area contributed by atoms with E-state index in [-0.39, 0.29) is 11.5 Å². The van der Waals surface area contributed by atoms with Crippen molar-refractivity contribution in [3.63, 3.8) is 0 Å². The first-order valence-electron chi connectivity index (χ1n) is 3.48. The van der Waals surface area contributed by atoms with E-state index < -0.39 is 5.97 Å². The monoisotopic (exact) mass is 170 g/mol. The summed E-state index contributed by atoms with van der Waals surface area (Å²) < 4.78 is 9.29. The fourth-order valence-corrected chi connectivity index (χ4v) is 0.842. The minimum atomic E-state index is -0.653. The van der Waals surface area contributed by atoms with E-state index in [1.165, 1.54) is 7.11 Å². The highest BCUT2D eigenvalue weighted by Crippen LogP contribution is 2.18. The SMILES string of the molecule is COC(=O)C1=C(O)C(C)=CCO1. The van der Waals surface area contributed by atoms with Gasteiger partial charge in [-0.05, 0) is 18.6 Å². The van der Waals surface area contributed by atoms with Gasteiger partial charge < -0.3 is 14.6 Å². The Balaban J connectivity index is 2.95. The van der Waals surface area contributed by atoms with Gasteiger partial charge in [0.15, 0.2) is 5.76 Å². The highest BCUT2D eigenvalue weighted by atomic mass is 16.6. The molecule has 0 amide bonds. The second-order valence-electron chi connectivity index (χ2n) is 2.37. The van der Waals surface area contributed by atoms with Crippen molar-refractivity contribution < 1.29 is 19.4 Å². The lowest BCUT2D eigenvalue weighted by Gasteiger charge is -2.14. The molecule has 0 spiro atoms. The predicted molar refractivity (Wildman–Crippen MR) is 41.4 cm³/mol. The average molecular weight is 170 g/mol. The summed E-state index contributed by atoms with van der Waals surface area (Å²) >= 11 is 0. The lowest BCUT2D eigenvalue weighted by Crippen LogP contribution is -2.15. The van der Waals surface area contributed by atoms with Crippen molar-refractivity contribution in [2.45, 2.75) is 6.92 Å². The first-order valence-corrected chi connectivity index (χ1v) is 3.48. The highest BCUT2D eigenvalue weighted by Gasteiger charge is 2.21. The van der Waals surface area contributed by atoms with E-state index in [4.69, 9.17) is 4.74 Å². The van der Waals surface area contributed by atoms with Crippen LogP contribution in [0.2, 0.25) is 0 Å². The van der Waals surface area contributed by atoms with Crippen LogP contribution >= 0.6 is 0 Å². The number of methoxy groups -OCH3 is 1. The Morgan fingerprint density at radius 1 is 1.75 bits per heavy atom. The molecule has 1 heterocycles. The first-order chi connectivity index (χ1) is 5.66. The minimum absolute atomic E-state index is 0.113. The summed E-state index contributed by atoms with van der Waals surface area (Å²) in [6.45, 7) is 1.99. The molecule has 4 nitrogen and oxygen atoms in total. The van der Waals surface area contributed by atoms with Gasteiger partial charge in [0, 0.05) is 0 Å². The quantitative estimate of drug-likeness (QED) is 0.594. The number of aliphatic hydroxyl groups is 1. The van der Waals surface area contributed by atoms with E-state index in [2.05, 4.69) is 4.74 Å². The van der Waals surface area contributed by atoms with Crippen molar-refractivity contribution in [3.8, 4) is 0 Å². The van der Waals surface area contributed by atoms with E-state index in [1.54, 1.807) is 13.0 Å². The number of carbonyl (C=O) groups excluding carboxylic acids is 1. The number of rotatable bonds is 1. The summed E-state index contributed by atoms with van der Waals surface area (Å²) in [4.78, 5) is 10.9. The van der Waals surface area contributed by atoms with Gasteiger partial charge in [-0.2, -0.15) is 0 Å². The lowest BCUT2D eigenvalue weighted by atomic mass is 10.2. The molecule has 0 atom stereocenters. The summed E-state index contributed by atoms with van der Waals surface area (Å²) in [5, 5.41) is 9.32. The van der Waals surface area contributed by atoms with Gasteiger partial charge in [0.1, 0.15) is 6.61 Å². The molecule has 4 heteroatoms. The lowest BCUT2D eigenvalue weighted by molar-refractivity contribution is -0.140. The summed E-state index contributed by atoms with van der Waals surface area (Å²) in [5.74, 6) is -0.912. The Kier molecular flexibility index (Phi) is 2.38. The molecule has 0 fully saturated rings. The molecule has 0 aromatic carbocycles. The minimum Gasteiger partial charge on any atom is -0.504 e.